The number of carbonyl (C=O) groups is 4. The van der Waals surface area contributed by atoms with Crippen molar-refractivity contribution in [2.45, 2.75) is 29.5 Å². The van der Waals surface area contributed by atoms with Crippen molar-refractivity contribution in [1.29, 1.82) is 0 Å². The number of hydrogen-bond donors (Lipinski definition) is 2. The molecule has 6 unspecified atom stereocenters. The second kappa shape index (κ2) is 12.8. The lowest BCUT2D eigenvalue weighted by molar-refractivity contribution is -0.123. The van der Waals surface area contributed by atoms with Crippen LogP contribution in [0.4, 0.5) is 11.4 Å². The van der Waals surface area contributed by atoms with Gasteiger partial charge in [0, 0.05) is 21.7 Å². The molecule has 256 valence electrons. The maximum Gasteiger partial charge on any atom is 0.338 e. The van der Waals surface area contributed by atoms with Crippen LogP contribution in [0.1, 0.15) is 40.1 Å². The van der Waals surface area contributed by atoms with Crippen LogP contribution in [0.25, 0.3) is 0 Å². The molecule has 3 aromatic carbocycles. The van der Waals surface area contributed by atoms with E-state index in [1.165, 1.54) is 16.2 Å². The number of aromatic nitrogens is 1. The number of thiazole rings is 1. The van der Waals surface area contributed by atoms with E-state index in [-0.39, 0.29) is 64.7 Å². The van der Waals surface area contributed by atoms with Crippen molar-refractivity contribution < 1.29 is 33.4 Å². The number of ether oxygens (including phenoxy) is 3. The molecule has 3 fully saturated rings. The highest BCUT2D eigenvalue weighted by Crippen LogP contribution is 2.68. The summed E-state index contributed by atoms with van der Waals surface area (Å²) in [5.41, 5.74) is 2.34. The van der Waals surface area contributed by atoms with Crippen LogP contribution in [0.3, 0.4) is 0 Å². The molecule has 8 rings (SSSR count). The third-order valence-corrected chi connectivity index (χ3v) is 12.9. The third-order valence-electron chi connectivity index (χ3n) is 10.3. The van der Waals surface area contributed by atoms with Crippen LogP contribution >= 0.6 is 23.1 Å². The Labute approximate surface area is 295 Å². The molecule has 4 aliphatic rings. The number of imide groups is 1. The van der Waals surface area contributed by atoms with Gasteiger partial charge >= 0.3 is 10.8 Å². The summed E-state index contributed by atoms with van der Waals surface area (Å²) >= 11 is 2.80. The van der Waals surface area contributed by atoms with E-state index >= 15 is 0 Å². The minimum atomic E-state index is -0.472. The molecule has 2 saturated carbocycles. The van der Waals surface area contributed by atoms with Crippen molar-refractivity contribution in [3.63, 3.8) is 0 Å². The van der Waals surface area contributed by atoms with E-state index in [1.807, 2.05) is 18.2 Å². The van der Waals surface area contributed by atoms with Gasteiger partial charge in [0.1, 0.15) is 11.5 Å². The third kappa shape index (κ3) is 5.39. The van der Waals surface area contributed by atoms with Gasteiger partial charge in [-0.1, -0.05) is 23.5 Å². The van der Waals surface area contributed by atoms with E-state index in [4.69, 9.17) is 14.2 Å². The van der Waals surface area contributed by atoms with Crippen LogP contribution in [0.2, 0.25) is 0 Å². The molecule has 50 heavy (non-hydrogen) atoms. The molecule has 7 atom stereocenters. The average molecular weight is 712 g/mol. The molecule has 2 aliphatic carbocycles. The Bertz CT molecular complexity index is 2060. The molecule has 3 amide bonds. The lowest BCUT2D eigenvalue weighted by Crippen LogP contribution is -2.42. The van der Waals surface area contributed by atoms with Gasteiger partial charge in [0.05, 0.1) is 41.8 Å². The highest BCUT2D eigenvalue weighted by molar-refractivity contribution is 8.00. The first-order chi connectivity index (χ1) is 24.2. The molecule has 1 aromatic heterocycles. The van der Waals surface area contributed by atoms with Crippen LogP contribution in [0.5, 0.6) is 11.5 Å². The Morgan fingerprint density at radius 2 is 1.68 bits per heavy atom. The number of carbonyl (C=O) groups excluding carboxylic acids is 4. The van der Waals surface area contributed by atoms with Gasteiger partial charge in [0.15, 0.2) is 6.61 Å². The fourth-order valence-corrected chi connectivity index (χ4v) is 11.3. The number of amides is 3. The van der Waals surface area contributed by atoms with E-state index < -0.39 is 17.8 Å². The Balaban J connectivity index is 1.05. The standard InChI is InChI=1S/C37H33N3O8S2/c1-3-47-36(44)18-7-11-21(12-8-18)40-34(42)29-24-16-25(30(29)35(40)43)31-28(24)27(32-33(49-31)39-37(45)50-32)19-5-4-6-23(15-19)48-17-26(41)38-20-9-13-22(46-2)14-10-20/h4-15,24-25,27-31H,3,16-17H2,1-2H3,(H,38,41)(H,39,45)/t24?,25?,27-,28?,29?,30?,31?/m1/s1. The summed E-state index contributed by atoms with van der Waals surface area (Å²) in [6.45, 7) is 1.78. The predicted molar refractivity (Wildman–Crippen MR) is 187 cm³/mol. The molecule has 3 heterocycles. The van der Waals surface area contributed by atoms with E-state index in [0.717, 1.165) is 21.9 Å². The second-order valence-electron chi connectivity index (χ2n) is 12.9. The van der Waals surface area contributed by atoms with Gasteiger partial charge < -0.3 is 24.5 Å². The molecule has 2 aliphatic heterocycles. The number of anilines is 2. The largest absolute Gasteiger partial charge is 0.497 e. The van der Waals surface area contributed by atoms with E-state index in [0.29, 0.717) is 28.4 Å². The predicted octanol–water partition coefficient (Wildman–Crippen LogP) is 5.32. The number of nitrogens with one attached hydrogen (secondary N) is 2. The minimum absolute atomic E-state index is 0.00158. The minimum Gasteiger partial charge on any atom is -0.497 e. The summed E-state index contributed by atoms with van der Waals surface area (Å²) in [6, 6.07) is 21.0. The van der Waals surface area contributed by atoms with Crippen molar-refractivity contribution in [3.05, 3.63) is 98.5 Å². The van der Waals surface area contributed by atoms with Crippen LogP contribution in [-0.2, 0) is 19.1 Å². The highest BCUT2D eigenvalue weighted by Gasteiger charge is 2.69. The number of thioether (sulfide) groups is 1. The number of H-pyrrole nitrogens is 1. The zero-order valence-corrected chi connectivity index (χ0v) is 28.8. The summed E-state index contributed by atoms with van der Waals surface area (Å²) < 4.78 is 16.2. The highest BCUT2D eigenvalue weighted by atomic mass is 32.2. The summed E-state index contributed by atoms with van der Waals surface area (Å²) in [5.74, 6) is -1.24. The monoisotopic (exact) mass is 711 g/mol. The van der Waals surface area contributed by atoms with Crippen molar-refractivity contribution in [3.8, 4) is 11.5 Å². The van der Waals surface area contributed by atoms with Gasteiger partial charge in [0.25, 0.3) is 5.91 Å². The van der Waals surface area contributed by atoms with Crippen molar-refractivity contribution in [2.75, 3.05) is 30.5 Å². The Morgan fingerprint density at radius 3 is 2.40 bits per heavy atom. The van der Waals surface area contributed by atoms with Gasteiger partial charge in [-0.25, -0.2) is 4.79 Å². The van der Waals surface area contributed by atoms with Crippen LogP contribution in [0.15, 0.2) is 82.6 Å². The summed E-state index contributed by atoms with van der Waals surface area (Å²) in [6.07, 6.45) is 0.752. The Morgan fingerprint density at radius 1 is 0.940 bits per heavy atom. The number of fused-ring (bicyclic) bond motifs is 9. The van der Waals surface area contributed by atoms with Crippen molar-refractivity contribution >= 4 is 58.2 Å². The molecular formula is C37H33N3O8S2. The smallest absolute Gasteiger partial charge is 0.338 e. The van der Waals surface area contributed by atoms with Gasteiger partial charge in [-0.15, -0.1) is 11.8 Å². The zero-order chi connectivity index (χ0) is 34.7. The first-order valence-electron chi connectivity index (χ1n) is 16.5. The van der Waals surface area contributed by atoms with E-state index in [2.05, 4.69) is 10.3 Å². The fraction of sp³-hybridized carbons (Fsp3) is 0.324. The molecule has 13 heteroatoms. The van der Waals surface area contributed by atoms with Crippen LogP contribution < -0.4 is 24.6 Å². The van der Waals surface area contributed by atoms with Crippen LogP contribution in [0, 0.1) is 29.6 Å². The van der Waals surface area contributed by atoms with Crippen LogP contribution in [-0.4, -0.2) is 54.2 Å². The lowest BCUT2D eigenvalue weighted by Gasteiger charge is -2.43. The number of hydrogen-bond acceptors (Lipinski definition) is 10. The number of methoxy groups -OCH3 is 1. The van der Waals surface area contributed by atoms with Gasteiger partial charge in [-0.05, 0) is 97.3 Å². The van der Waals surface area contributed by atoms with E-state index in [1.54, 1.807) is 80.4 Å². The first-order valence-corrected chi connectivity index (χ1v) is 18.2. The number of nitrogens with zero attached hydrogens (tertiary/aromatic N) is 1. The molecule has 0 spiro atoms. The average Bonchev–Trinajstić information content (AvgIpc) is 3.86. The number of aromatic amines is 1. The number of rotatable bonds is 9. The fourth-order valence-electron chi connectivity index (χ4n) is 8.42. The molecule has 4 aromatic rings. The molecule has 2 N–H and O–H groups in total. The Hall–Kier alpha value is -4.88. The second-order valence-corrected chi connectivity index (χ2v) is 15.1. The number of esters is 1. The van der Waals surface area contributed by atoms with Crippen molar-refractivity contribution in [1.82, 2.24) is 4.98 Å². The van der Waals surface area contributed by atoms with Crippen molar-refractivity contribution in [2.24, 2.45) is 29.6 Å². The molecule has 0 radical (unpaired) electrons. The molecule has 1 saturated heterocycles. The van der Waals surface area contributed by atoms with Gasteiger partial charge in [0.2, 0.25) is 11.8 Å². The molecule has 11 nitrogen and oxygen atoms in total. The Kier molecular flexibility index (Phi) is 8.26. The summed E-state index contributed by atoms with van der Waals surface area (Å²) in [7, 11) is 1.58. The maximum atomic E-state index is 14.1. The molecule has 2 bridgehead atoms. The normalized spacial score (nSPS) is 25.9. The van der Waals surface area contributed by atoms with Gasteiger partial charge in [-0.3, -0.25) is 24.1 Å². The SMILES string of the molecule is CCOC(=O)c1ccc(N2C(=O)C3C4CC(C3C2=O)C2C4Sc3[nH]c(=O)sc3[C@@H]2c2cccc(OCC(=O)Nc3ccc(OC)cc3)c2)cc1. The van der Waals surface area contributed by atoms with Gasteiger partial charge in [-0.2, -0.15) is 0 Å². The lowest BCUT2D eigenvalue weighted by atomic mass is 9.68. The first kappa shape index (κ1) is 32.3. The van der Waals surface area contributed by atoms with E-state index in [9.17, 15) is 24.0 Å². The maximum absolute atomic E-state index is 14.1. The topological polar surface area (TPSA) is 144 Å². The zero-order valence-electron chi connectivity index (χ0n) is 27.1. The number of benzene rings is 3. The quantitative estimate of drug-likeness (QED) is 0.174. The summed E-state index contributed by atoms with van der Waals surface area (Å²) in [4.78, 5) is 70.8. The molecular weight excluding hydrogens is 679 g/mol. The summed E-state index contributed by atoms with van der Waals surface area (Å²) in [5, 5.41) is 3.65.